The van der Waals surface area contributed by atoms with Gasteiger partial charge in [0.2, 0.25) is 0 Å². The van der Waals surface area contributed by atoms with Crippen molar-refractivity contribution in [1.29, 1.82) is 5.26 Å². The average Bonchev–Trinajstić information content (AvgIpc) is 3.07. The maximum absolute atomic E-state index is 9.28. The fourth-order valence-electron chi connectivity index (χ4n) is 3.27. The molecule has 0 saturated carbocycles. The number of anilines is 1. The van der Waals surface area contributed by atoms with Crippen molar-refractivity contribution < 1.29 is 0 Å². The van der Waals surface area contributed by atoms with Gasteiger partial charge in [0.25, 0.3) is 0 Å². The summed E-state index contributed by atoms with van der Waals surface area (Å²) >= 11 is 1.56. The van der Waals surface area contributed by atoms with E-state index in [2.05, 4.69) is 16.1 Å². The molecule has 0 fully saturated rings. The molecule has 0 spiro atoms. The Labute approximate surface area is 132 Å². The summed E-state index contributed by atoms with van der Waals surface area (Å²) in [6, 6.07) is 6.30. The highest BCUT2D eigenvalue weighted by molar-refractivity contribution is 7.16. The van der Waals surface area contributed by atoms with Crippen LogP contribution in [0.1, 0.15) is 33.9 Å². The Morgan fingerprint density at radius 2 is 2.18 bits per heavy atom. The summed E-state index contributed by atoms with van der Waals surface area (Å²) in [5.41, 5.74) is 10.3. The third-order valence-corrected chi connectivity index (χ3v) is 5.48. The first kappa shape index (κ1) is 13.3. The molecule has 1 aliphatic carbocycles. The molecular formula is C16H15N5S. The predicted molar refractivity (Wildman–Crippen MR) is 86.6 cm³/mol. The lowest BCUT2D eigenvalue weighted by Gasteiger charge is -2.19. The van der Waals surface area contributed by atoms with Crippen LogP contribution in [0.25, 0.3) is 0 Å². The number of nitrogens with zero attached hydrogens (tertiary/aromatic N) is 4. The van der Waals surface area contributed by atoms with Crippen LogP contribution in [0.3, 0.4) is 0 Å². The van der Waals surface area contributed by atoms with E-state index < -0.39 is 0 Å². The maximum Gasteiger partial charge on any atom is 0.104 e. The molecule has 110 valence electrons. The molecule has 5 nitrogen and oxygen atoms in total. The molecule has 0 aromatic carbocycles. The van der Waals surface area contributed by atoms with Crippen molar-refractivity contribution in [1.82, 2.24) is 9.99 Å². The van der Waals surface area contributed by atoms with E-state index in [0.717, 1.165) is 31.5 Å². The third kappa shape index (κ3) is 2.06. The molecule has 2 aromatic rings. The zero-order valence-electron chi connectivity index (χ0n) is 12.0. The van der Waals surface area contributed by atoms with Crippen LogP contribution in [0, 0.1) is 11.3 Å². The number of fused-ring (bicyclic) bond motifs is 3. The Bertz CT molecular complexity index is 787. The lowest BCUT2D eigenvalue weighted by molar-refractivity contribution is 0.302. The van der Waals surface area contributed by atoms with Crippen LogP contribution in [0.5, 0.6) is 0 Å². The van der Waals surface area contributed by atoms with Gasteiger partial charge in [0.15, 0.2) is 0 Å². The van der Waals surface area contributed by atoms with Crippen molar-refractivity contribution >= 4 is 22.0 Å². The van der Waals surface area contributed by atoms with E-state index in [1.54, 1.807) is 11.3 Å². The van der Waals surface area contributed by atoms with Crippen LogP contribution in [0.4, 0.5) is 5.00 Å². The fraction of sp³-hybridized carbons (Fsp3) is 0.312. The summed E-state index contributed by atoms with van der Waals surface area (Å²) in [6.07, 6.45) is 5.42. The van der Waals surface area contributed by atoms with Gasteiger partial charge in [-0.15, -0.1) is 11.3 Å². The van der Waals surface area contributed by atoms with Crippen LogP contribution >= 0.6 is 11.3 Å². The van der Waals surface area contributed by atoms with Gasteiger partial charge in [0, 0.05) is 29.5 Å². The molecule has 1 unspecified atom stereocenters. The van der Waals surface area contributed by atoms with Gasteiger partial charge >= 0.3 is 0 Å². The minimum atomic E-state index is 0.306. The van der Waals surface area contributed by atoms with Gasteiger partial charge in [-0.05, 0) is 36.1 Å². The summed E-state index contributed by atoms with van der Waals surface area (Å²) in [5, 5.41) is 16.8. The number of rotatable bonds is 2. The molecular weight excluding hydrogens is 294 g/mol. The number of pyridine rings is 1. The highest BCUT2D eigenvalue weighted by atomic mass is 32.1. The summed E-state index contributed by atoms with van der Waals surface area (Å²) in [4.78, 5) is 5.29. The Kier molecular flexibility index (Phi) is 3.09. The van der Waals surface area contributed by atoms with E-state index in [-0.39, 0.29) is 0 Å². The Morgan fingerprint density at radius 1 is 1.36 bits per heavy atom. The van der Waals surface area contributed by atoms with Gasteiger partial charge in [0.1, 0.15) is 11.1 Å². The van der Waals surface area contributed by atoms with Gasteiger partial charge in [0.05, 0.1) is 18.0 Å². The number of hydrazone groups is 1. The van der Waals surface area contributed by atoms with Crippen molar-refractivity contribution in [2.45, 2.75) is 25.3 Å². The largest absolute Gasteiger partial charge is 0.389 e. The van der Waals surface area contributed by atoms with E-state index in [1.165, 1.54) is 16.2 Å². The van der Waals surface area contributed by atoms with Gasteiger partial charge < -0.3 is 5.73 Å². The Morgan fingerprint density at radius 3 is 2.95 bits per heavy atom. The van der Waals surface area contributed by atoms with Crippen molar-refractivity contribution in [3.05, 3.63) is 46.1 Å². The molecule has 6 heteroatoms. The molecule has 2 aliphatic rings. The second kappa shape index (κ2) is 5.11. The van der Waals surface area contributed by atoms with E-state index in [9.17, 15) is 5.26 Å². The van der Waals surface area contributed by atoms with E-state index in [1.807, 2.05) is 24.5 Å². The van der Waals surface area contributed by atoms with Crippen molar-refractivity contribution in [2.75, 3.05) is 12.3 Å². The van der Waals surface area contributed by atoms with Crippen LogP contribution < -0.4 is 5.73 Å². The molecule has 3 heterocycles. The van der Waals surface area contributed by atoms with Crippen molar-refractivity contribution in [3.8, 4) is 6.07 Å². The predicted octanol–water partition coefficient (Wildman–Crippen LogP) is 2.50. The summed E-state index contributed by atoms with van der Waals surface area (Å²) in [7, 11) is 0. The first-order valence-corrected chi connectivity index (χ1v) is 8.10. The SMILES string of the molecule is N#Cc1c(N)sc2c1CCC1=NN(Cc3ccncc3)CC12. The Balaban J connectivity index is 1.61. The summed E-state index contributed by atoms with van der Waals surface area (Å²) in [6.45, 7) is 1.67. The molecule has 0 amide bonds. The topological polar surface area (TPSA) is 78.3 Å². The molecule has 0 saturated heterocycles. The second-order valence-electron chi connectivity index (χ2n) is 5.64. The lowest BCUT2D eigenvalue weighted by atomic mass is 9.86. The summed E-state index contributed by atoms with van der Waals surface area (Å²) in [5.74, 6) is 0.306. The van der Waals surface area contributed by atoms with Crippen molar-refractivity contribution in [3.63, 3.8) is 0 Å². The van der Waals surface area contributed by atoms with Crippen LogP contribution in [0.2, 0.25) is 0 Å². The average molecular weight is 309 g/mol. The Hall–Kier alpha value is -2.39. The number of nitrogen functional groups attached to an aromatic ring is 1. The molecule has 4 rings (SSSR count). The van der Waals surface area contributed by atoms with E-state index >= 15 is 0 Å². The lowest BCUT2D eigenvalue weighted by Crippen LogP contribution is -2.21. The standard InChI is InChI=1S/C16H15N5S/c17-7-12-11-1-2-14-13(15(11)22-16(12)18)9-21(20-14)8-10-3-5-19-6-4-10/h3-6,13H,1-2,8-9,18H2. The third-order valence-electron chi connectivity index (χ3n) is 4.30. The number of nitrogens with two attached hydrogens (primary N) is 1. The number of nitriles is 1. The molecule has 0 radical (unpaired) electrons. The molecule has 22 heavy (non-hydrogen) atoms. The first-order valence-electron chi connectivity index (χ1n) is 7.28. The maximum atomic E-state index is 9.28. The van der Waals surface area contributed by atoms with Crippen molar-refractivity contribution in [2.24, 2.45) is 5.10 Å². The molecule has 2 N–H and O–H groups in total. The van der Waals surface area contributed by atoms with Gasteiger partial charge in [-0.25, -0.2) is 0 Å². The second-order valence-corrected chi connectivity index (χ2v) is 6.73. The minimum absolute atomic E-state index is 0.306. The summed E-state index contributed by atoms with van der Waals surface area (Å²) < 4.78 is 0. The van der Waals surface area contributed by atoms with Gasteiger partial charge in [-0.1, -0.05) is 0 Å². The van der Waals surface area contributed by atoms with E-state index in [0.29, 0.717) is 16.5 Å². The smallest absolute Gasteiger partial charge is 0.104 e. The van der Waals surface area contributed by atoms with Crippen LogP contribution in [-0.4, -0.2) is 22.2 Å². The first-order chi connectivity index (χ1) is 10.8. The minimum Gasteiger partial charge on any atom is -0.389 e. The number of hydrogen-bond acceptors (Lipinski definition) is 6. The molecule has 2 aromatic heterocycles. The molecule has 1 aliphatic heterocycles. The van der Waals surface area contributed by atoms with Gasteiger partial charge in [-0.2, -0.15) is 10.4 Å². The normalized spacial score (nSPS) is 19.3. The quantitative estimate of drug-likeness (QED) is 0.924. The molecule has 1 atom stereocenters. The monoisotopic (exact) mass is 309 g/mol. The fourth-order valence-corrected chi connectivity index (χ4v) is 4.46. The number of aromatic nitrogens is 1. The number of thiophene rings is 1. The number of hydrogen-bond donors (Lipinski definition) is 1. The molecule has 0 bridgehead atoms. The van der Waals surface area contributed by atoms with Crippen LogP contribution in [-0.2, 0) is 13.0 Å². The van der Waals surface area contributed by atoms with Gasteiger partial charge in [-0.3, -0.25) is 9.99 Å². The van der Waals surface area contributed by atoms with Crippen LogP contribution in [0.15, 0.2) is 29.6 Å². The highest BCUT2D eigenvalue weighted by Gasteiger charge is 2.36. The zero-order chi connectivity index (χ0) is 15.1. The zero-order valence-corrected chi connectivity index (χ0v) is 12.8. The van der Waals surface area contributed by atoms with E-state index in [4.69, 9.17) is 10.8 Å². The highest BCUT2D eigenvalue weighted by Crippen LogP contribution is 2.43.